The molecule has 1 heterocycles. The van der Waals surface area contributed by atoms with E-state index in [4.69, 9.17) is 23.2 Å². The molecule has 0 aliphatic rings. The van der Waals surface area contributed by atoms with Crippen molar-refractivity contribution in [2.45, 2.75) is 11.4 Å². The lowest BCUT2D eigenvalue weighted by atomic mass is 10.2. The zero-order chi connectivity index (χ0) is 17.2. The maximum atomic E-state index is 12.2. The van der Waals surface area contributed by atoms with E-state index in [1.165, 1.54) is 23.1 Å². The van der Waals surface area contributed by atoms with Crippen molar-refractivity contribution in [3.05, 3.63) is 70.5 Å². The third-order valence-corrected chi connectivity index (χ3v) is 5.23. The van der Waals surface area contributed by atoms with Crippen molar-refractivity contribution in [2.24, 2.45) is 0 Å². The zero-order valence-corrected chi connectivity index (χ0v) is 14.6. The molecule has 3 rings (SSSR count). The molecule has 0 saturated carbocycles. The minimum Gasteiger partial charge on any atom is -0.246 e. The second-order valence-electron chi connectivity index (χ2n) is 4.93. The maximum Gasteiger partial charge on any atom is 0.264 e. The van der Waals surface area contributed by atoms with Gasteiger partial charge in [0.1, 0.15) is 6.33 Å². The van der Waals surface area contributed by atoms with Gasteiger partial charge in [-0.1, -0.05) is 47.5 Å². The van der Waals surface area contributed by atoms with E-state index in [0.717, 1.165) is 5.56 Å². The predicted molar refractivity (Wildman–Crippen MR) is 92.8 cm³/mol. The normalized spacial score (nSPS) is 11.4. The minimum absolute atomic E-state index is 0.00101. The first-order valence-corrected chi connectivity index (χ1v) is 9.09. The Kier molecular flexibility index (Phi) is 4.75. The summed E-state index contributed by atoms with van der Waals surface area (Å²) in [5, 5.41) is 5.02. The lowest BCUT2D eigenvalue weighted by Gasteiger charge is -2.04. The number of sulfonamides is 1. The van der Waals surface area contributed by atoms with Crippen LogP contribution in [0.4, 0.5) is 5.95 Å². The number of nitrogens with zero attached hydrogens (tertiary/aromatic N) is 3. The largest absolute Gasteiger partial charge is 0.264 e. The van der Waals surface area contributed by atoms with E-state index < -0.39 is 10.0 Å². The van der Waals surface area contributed by atoms with E-state index in [9.17, 15) is 8.42 Å². The predicted octanol–water partition coefficient (Wildman–Crippen LogP) is 3.43. The van der Waals surface area contributed by atoms with E-state index in [0.29, 0.717) is 16.6 Å². The SMILES string of the molecule is O=S(=O)(Nc1ncn(Cc2ccc(Cl)c(Cl)c2)n1)c1ccccc1. The molecule has 0 atom stereocenters. The first-order chi connectivity index (χ1) is 11.4. The number of aromatic nitrogens is 3. The van der Waals surface area contributed by atoms with Crippen LogP contribution in [0.3, 0.4) is 0 Å². The first-order valence-electron chi connectivity index (χ1n) is 6.85. The van der Waals surface area contributed by atoms with Crippen LogP contribution in [0.5, 0.6) is 0 Å². The summed E-state index contributed by atoms with van der Waals surface area (Å²) in [7, 11) is -3.71. The summed E-state index contributed by atoms with van der Waals surface area (Å²) in [6, 6.07) is 13.2. The molecule has 3 aromatic rings. The number of hydrogen-bond donors (Lipinski definition) is 1. The van der Waals surface area contributed by atoms with Gasteiger partial charge in [0.2, 0.25) is 0 Å². The lowest BCUT2D eigenvalue weighted by Crippen LogP contribution is -2.14. The summed E-state index contributed by atoms with van der Waals surface area (Å²) in [4.78, 5) is 4.11. The van der Waals surface area contributed by atoms with Crippen molar-refractivity contribution in [3.63, 3.8) is 0 Å². The molecular formula is C15H12Cl2N4O2S. The van der Waals surface area contributed by atoms with E-state index in [1.54, 1.807) is 30.3 Å². The Morgan fingerprint density at radius 3 is 2.50 bits per heavy atom. The van der Waals surface area contributed by atoms with Gasteiger partial charge in [0.25, 0.3) is 16.0 Å². The number of halogens is 2. The van der Waals surface area contributed by atoms with Crippen LogP contribution in [-0.2, 0) is 16.6 Å². The van der Waals surface area contributed by atoms with Crippen LogP contribution in [0.1, 0.15) is 5.56 Å². The monoisotopic (exact) mass is 382 g/mol. The fraction of sp³-hybridized carbons (Fsp3) is 0.0667. The maximum absolute atomic E-state index is 12.2. The Balaban J connectivity index is 1.75. The Bertz CT molecular complexity index is 959. The molecule has 2 aromatic carbocycles. The molecule has 0 spiro atoms. The lowest BCUT2D eigenvalue weighted by molar-refractivity contribution is 0.600. The van der Waals surface area contributed by atoms with Crippen molar-refractivity contribution in [1.82, 2.24) is 14.8 Å². The molecule has 6 nitrogen and oxygen atoms in total. The fourth-order valence-corrected chi connectivity index (χ4v) is 3.31. The topological polar surface area (TPSA) is 76.9 Å². The highest BCUT2D eigenvalue weighted by molar-refractivity contribution is 7.92. The molecule has 0 saturated heterocycles. The van der Waals surface area contributed by atoms with Gasteiger partial charge in [0.15, 0.2) is 0 Å². The van der Waals surface area contributed by atoms with E-state index in [2.05, 4.69) is 14.8 Å². The summed E-state index contributed by atoms with van der Waals surface area (Å²) in [6.07, 6.45) is 1.44. The molecule has 0 aliphatic heterocycles. The number of nitrogens with one attached hydrogen (secondary N) is 1. The molecular weight excluding hydrogens is 371 g/mol. The van der Waals surface area contributed by atoms with E-state index in [1.807, 2.05) is 6.07 Å². The number of hydrogen-bond acceptors (Lipinski definition) is 4. The molecule has 24 heavy (non-hydrogen) atoms. The van der Waals surface area contributed by atoms with E-state index >= 15 is 0 Å². The van der Waals surface area contributed by atoms with Crippen LogP contribution in [0.25, 0.3) is 0 Å². The quantitative estimate of drug-likeness (QED) is 0.732. The van der Waals surface area contributed by atoms with Gasteiger partial charge in [-0.2, -0.15) is 4.98 Å². The standard InChI is InChI=1S/C15H12Cl2N4O2S/c16-13-7-6-11(8-14(13)17)9-21-10-18-15(19-21)20-24(22,23)12-4-2-1-3-5-12/h1-8,10H,9H2,(H,19,20). The number of anilines is 1. The fourth-order valence-electron chi connectivity index (χ4n) is 2.02. The molecule has 124 valence electrons. The minimum atomic E-state index is -3.71. The van der Waals surface area contributed by atoms with Crippen molar-refractivity contribution < 1.29 is 8.42 Å². The van der Waals surface area contributed by atoms with Crippen molar-refractivity contribution in [2.75, 3.05) is 4.72 Å². The van der Waals surface area contributed by atoms with Gasteiger partial charge in [-0.15, -0.1) is 5.10 Å². The van der Waals surface area contributed by atoms with Gasteiger partial charge in [-0.25, -0.2) is 17.8 Å². The third kappa shape index (κ3) is 3.87. The van der Waals surface area contributed by atoms with Crippen LogP contribution in [0.15, 0.2) is 59.8 Å². The average molecular weight is 383 g/mol. The average Bonchev–Trinajstić information content (AvgIpc) is 2.98. The molecule has 0 amide bonds. The Labute approximate surface area is 149 Å². The first kappa shape index (κ1) is 16.8. The highest BCUT2D eigenvalue weighted by atomic mass is 35.5. The summed E-state index contributed by atoms with van der Waals surface area (Å²) in [6.45, 7) is 0.386. The van der Waals surface area contributed by atoms with Crippen molar-refractivity contribution in [1.29, 1.82) is 0 Å². The van der Waals surface area contributed by atoms with Gasteiger partial charge in [0.05, 0.1) is 21.5 Å². The second-order valence-corrected chi connectivity index (χ2v) is 7.43. The molecule has 0 bridgehead atoms. The van der Waals surface area contributed by atoms with Gasteiger partial charge in [-0.05, 0) is 29.8 Å². The van der Waals surface area contributed by atoms with Crippen LogP contribution in [0, 0.1) is 0 Å². The smallest absolute Gasteiger partial charge is 0.246 e. The van der Waals surface area contributed by atoms with Gasteiger partial charge >= 0.3 is 0 Å². The van der Waals surface area contributed by atoms with E-state index in [-0.39, 0.29) is 10.8 Å². The number of rotatable bonds is 5. The Morgan fingerprint density at radius 2 is 1.79 bits per heavy atom. The summed E-state index contributed by atoms with van der Waals surface area (Å²) in [5.74, 6) is -0.00101. The second kappa shape index (κ2) is 6.80. The van der Waals surface area contributed by atoms with Crippen molar-refractivity contribution >= 4 is 39.2 Å². The zero-order valence-electron chi connectivity index (χ0n) is 12.2. The molecule has 0 unspecified atom stereocenters. The molecule has 0 aliphatic carbocycles. The molecule has 1 N–H and O–H groups in total. The molecule has 9 heteroatoms. The van der Waals surface area contributed by atoms with Crippen LogP contribution in [0.2, 0.25) is 10.0 Å². The number of benzene rings is 2. The van der Waals surface area contributed by atoms with Gasteiger partial charge in [-0.3, -0.25) is 0 Å². The van der Waals surface area contributed by atoms with Crippen LogP contribution >= 0.6 is 23.2 Å². The summed E-state index contributed by atoms with van der Waals surface area (Å²) < 4.78 is 28.3. The molecule has 1 aromatic heterocycles. The van der Waals surface area contributed by atoms with Crippen molar-refractivity contribution in [3.8, 4) is 0 Å². The summed E-state index contributed by atoms with van der Waals surface area (Å²) in [5.41, 5.74) is 0.867. The Hall–Kier alpha value is -2.09. The van der Waals surface area contributed by atoms with Crippen LogP contribution in [-0.4, -0.2) is 23.2 Å². The highest BCUT2D eigenvalue weighted by Crippen LogP contribution is 2.23. The molecule has 0 fully saturated rings. The van der Waals surface area contributed by atoms with Gasteiger partial charge < -0.3 is 0 Å². The highest BCUT2D eigenvalue weighted by Gasteiger charge is 2.15. The Morgan fingerprint density at radius 1 is 1.04 bits per heavy atom. The summed E-state index contributed by atoms with van der Waals surface area (Å²) >= 11 is 11.8. The molecule has 0 radical (unpaired) electrons. The van der Waals surface area contributed by atoms with Gasteiger partial charge in [0, 0.05) is 0 Å². The third-order valence-electron chi connectivity index (χ3n) is 3.14. The van der Waals surface area contributed by atoms with Crippen LogP contribution < -0.4 is 4.72 Å².